The predicted molar refractivity (Wildman–Crippen MR) is 90.7 cm³/mol. The van der Waals surface area contributed by atoms with Gasteiger partial charge >= 0.3 is 0 Å². The van der Waals surface area contributed by atoms with Gasteiger partial charge in [-0.1, -0.05) is 26.2 Å². The minimum Gasteiger partial charge on any atom is -0.253 e. The first kappa shape index (κ1) is 15.6. The molecular formula is C16H18Br2N2. The lowest BCUT2D eigenvalue weighted by Gasteiger charge is -2.09. The molecule has 0 aliphatic rings. The van der Waals surface area contributed by atoms with E-state index >= 15 is 0 Å². The van der Waals surface area contributed by atoms with E-state index in [9.17, 15) is 0 Å². The molecule has 2 heterocycles. The predicted octanol–water partition coefficient (Wildman–Crippen LogP) is 5.79. The molecule has 0 unspecified atom stereocenters. The Kier molecular flexibility index (Phi) is 6.17. The first-order valence-electron chi connectivity index (χ1n) is 6.98. The van der Waals surface area contributed by atoms with Gasteiger partial charge in [-0.25, -0.2) is 0 Å². The SMILES string of the molecule is CCCCCCc1ccnc(-c2ncccc2Br)c1Br. The minimum atomic E-state index is 0.884. The largest absolute Gasteiger partial charge is 0.253 e. The Morgan fingerprint density at radius 3 is 2.50 bits per heavy atom. The molecule has 0 fully saturated rings. The fourth-order valence-electron chi connectivity index (χ4n) is 2.14. The van der Waals surface area contributed by atoms with E-state index in [4.69, 9.17) is 0 Å². The van der Waals surface area contributed by atoms with Crippen LogP contribution in [0.5, 0.6) is 0 Å². The molecule has 0 saturated heterocycles. The lowest BCUT2D eigenvalue weighted by atomic mass is 10.1. The molecule has 0 atom stereocenters. The number of hydrogen-bond acceptors (Lipinski definition) is 2. The maximum Gasteiger partial charge on any atom is 0.104 e. The molecule has 2 aromatic heterocycles. The van der Waals surface area contributed by atoms with Crippen molar-refractivity contribution in [3.63, 3.8) is 0 Å². The molecule has 0 N–H and O–H groups in total. The van der Waals surface area contributed by atoms with Gasteiger partial charge in [0.05, 0.1) is 0 Å². The molecule has 0 aliphatic heterocycles. The zero-order valence-corrected chi connectivity index (χ0v) is 14.7. The van der Waals surface area contributed by atoms with Crippen LogP contribution >= 0.6 is 31.9 Å². The Balaban J connectivity index is 2.21. The van der Waals surface area contributed by atoms with Crippen molar-refractivity contribution in [3.05, 3.63) is 45.1 Å². The maximum atomic E-state index is 4.48. The minimum absolute atomic E-state index is 0.884. The molecule has 20 heavy (non-hydrogen) atoms. The summed E-state index contributed by atoms with van der Waals surface area (Å²) < 4.78 is 2.03. The van der Waals surface area contributed by atoms with Crippen LogP contribution in [0.1, 0.15) is 38.2 Å². The summed E-state index contributed by atoms with van der Waals surface area (Å²) in [5, 5.41) is 0. The number of halogens is 2. The fourth-order valence-corrected chi connectivity index (χ4v) is 3.21. The summed E-state index contributed by atoms with van der Waals surface area (Å²) in [6, 6.07) is 6.00. The monoisotopic (exact) mass is 396 g/mol. The van der Waals surface area contributed by atoms with Gasteiger partial charge in [0.1, 0.15) is 11.4 Å². The summed E-state index contributed by atoms with van der Waals surface area (Å²) in [4.78, 5) is 8.90. The van der Waals surface area contributed by atoms with Crippen LogP contribution in [0.15, 0.2) is 39.5 Å². The van der Waals surface area contributed by atoms with Crippen molar-refractivity contribution in [2.45, 2.75) is 39.0 Å². The molecule has 106 valence electrons. The van der Waals surface area contributed by atoms with Crippen LogP contribution in [0.25, 0.3) is 11.4 Å². The Hall–Kier alpha value is -0.740. The van der Waals surface area contributed by atoms with Crippen LogP contribution in [0.4, 0.5) is 0 Å². The molecule has 2 aromatic rings. The number of hydrogen-bond donors (Lipinski definition) is 0. The second kappa shape index (κ2) is 7.89. The third-order valence-electron chi connectivity index (χ3n) is 3.25. The average molecular weight is 398 g/mol. The van der Waals surface area contributed by atoms with Crippen LogP contribution < -0.4 is 0 Å². The van der Waals surface area contributed by atoms with Crippen molar-refractivity contribution < 1.29 is 0 Å². The Bertz CT molecular complexity index is 570. The van der Waals surface area contributed by atoms with E-state index in [0.29, 0.717) is 0 Å². The van der Waals surface area contributed by atoms with E-state index in [1.807, 2.05) is 18.3 Å². The molecule has 0 amide bonds. The van der Waals surface area contributed by atoms with E-state index < -0.39 is 0 Å². The van der Waals surface area contributed by atoms with Crippen LogP contribution in [-0.2, 0) is 6.42 Å². The van der Waals surface area contributed by atoms with E-state index in [1.54, 1.807) is 6.20 Å². The molecular weight excluding hydrogens is 380 g/mol. The number of pyridine rings is 2. The van der Waals surface area contributed by atoms with Crippen molar-refractivity contribution in [1.82, 2.24) is 9.97 Å². The number of unbranched alkanes of at least 4 members (excludes halogenated alkanes) is 3. The van der Waals surface area contributed by atoms with Gasteiger partial charge in [0.2, 0.25) is 0 Å². The van der Waals surface area contributed by atoms with Crippen molar-refractivity contribution in [3.8, 4) is 11.4 Å². The van der Waals surface area contributed by atoms with Crippen molar-refractivity contribution >= 4 is 31.9 Å². The van der Waals surface area contributed by atoms with Crippen LogP contribution in [0.3, 0.4) is 0 Å². The Morgan fingerprint density at radius 1 is 0.950 bits per heavy atom. The molecule has 2 nitrogen and oxygen atoms in total. The summed E-state index contributed by atoms with van der Waals surface area (Å²) in [5.74, 6) is 0. The average Bonchev–Trinajstić information content (AvgIpc) is 2.46. The van der Waals surface area contributed by atoms with E-state index in [2.05, 4.69) is 54.8 Å². The Labute approximate surface area is 137 Å². The third kappa shape index (κ3) is 3.89. The van der Waals surface area contributed by atoms with E-state index in [-0.39, 0.29) is 0 Å². The maximum absolute atomic E-state index is 4.48. The van der Waals surface area contributed by atoms with Crippen LogP contribution in [-0.4, -0.2) is 9.97 Å². The number of aryl methyl sites for hydroxylation is 1. The summed E-state index contributed by atoms with van der Waals surface area (Å²) in [7, 11) is 0. The van der Waals surface area contributed by atoms with Crippen LogP contribution in [0.2, 0.25) is 0 Å². The summed E-state index contributed by atoms with van der Waals surface area (Å²) in [6.45, 7) is 2.24. The molecule has 0 spiro atoms. The quantitative estimate of drug-likeness (QED) is 0.576. The first-order chi connectivity index (χ1) is 9.74. The Morgan fingerprint density at radius 2 is 1.75 bits per heavy atom. The van der Waals surface area contributed by atoms with E-state index in [1.165, 1.54) is 31.2 Å². The molecule has 0 saturated carbocycles. The highest BCUT2D eigenvalue weighted by atomic mass is 79.9. The molecule has 4 heteroatoms. The van der Waals surface area contributed by atoms with Crippen molar-refractivity contribution in [2.24, 2.45) is 0 Å². The number of nitrogens with zero attached hydrogens (tertiary/aromatic N) is 2. The molecule has 0 aliphatic carbocycles. The van der Waals surface area contributed by atoms with E-state index in [0.717, 1.165) is 26.8 Å². The molecule has 2 rings (SSSR count). The standard InChI is InChI=1S/C16H18Br2N2/c1-2-3-4-5-7-12-9-11-20-16(14(12)18)15-13(17)8-6-10-19-15/h6,8-11H,2-5,7H2,1H3. The van der Waals surface area contributed by atoms with Gasteiger partial charge in [0.15, 0.2) is 0 Å². The van der Waals surface area contributed by atoms with Crippen molar-refractivity contribution in [1.29, 1.82) is 0 Å². The second-order valence-corrected chi connectivity index (χ2v) is 6.42. The normalized spacial score (nSPS) is 10.8. The van der Waals surface area contributed by atoms with Crippen LogP contribution in [0, 0.1) is 0 Å². The van der Waals surface area contributed by atoms with Crippen molar-refractivity contribution in [2.75, 3.05) is 0 Å². The topological polar surface area (TPSA) is 25.8 Å². The molecule has 0 aromatic carbocycles. The zero-order chi connectivity index (χ0) is 14.4. The van der Waals surface area contributed by atoms with Gasteiger partial charge in [-0.2, -0.15) is 0 Å². The molecule has 0 bridgehead atoms. The summed E-state index contributed by atoms with van der Waals surface area (Å²) in [5.41, 5.74) is 3.10. The fraction of sp³-hybridized carbons (Fsp3) is 0.375. The number of aromatic nitrogens is 2. The highest BCUT2D eigenvalue weighted by Gasteiger charge is 2.12. The third-order valence-corrected chi connectivity index (χ3v) is 4.78. The first-order valence-corrected chi connectivity index (χ1v) is 8.57. The summed E-state index contributed by atoms with van der Waals surface area (Å²) in [6.07, 6.45) is 9.83. The van der Waals surface area contributed by atoms with Gasteiger partial charge < -0.3 is 0 Å². The van der Waals surface area contributed by atoms with Gasteiger partial charge in [0, 0.05) is 21.3 Å². The van der Waals surface area contributed by atoms with Gasteiger partial charge in [-0.3, -0.25) is 9.97 Å². The number of rotatable bonds is 6. The summed E-state index contributed by atoms with van der Waals surface area (Å²) >= 11 is 7.24. The van der Waals surface area contributed by atoms with Gasteiger partial charge in [-0.15, -0.1) is 0 Å². The lowest BCUT2D eigenvalue weighted by molar-refractivity contribution is 0.666. The molecule has 0 radical (unpaired) electrons. The van der Waals surface area contributed by atoms with Gasteiger partial charge in [0.25, 0.3) is 0 Å². The van der Waals surface area contributed by atoms with Gasteiger partial charge in [-0.05, 0) is 68.5 Å². The lowest BCUT2D eigenvalue weighted by Crippen LogP contribution is -1.95. The highest BCUT2D eigenvalue weighted by molar-refractivity contribution is 9.11. The second-order valence-electron chi connectivity index (χ2n) is 4.78. The zero-order valence-electron chi connectivity index (χ0n) is 11.6. The smallest absolute Gasteiger partial charge is 0.104 e. The highest BCUT2D eigenvalue weighted by Crippen LogP contribution is 2.32.